The minimum atomic E-state index is -0.486. The van der Waals surface area contributed by atoms with Gasteiger partial charge in [0.05, 0.1) is 6.07 Å². The number of rotatable bonds is 4. The molecule has 0 aromatic heterocycles. The molecule has 0 aliphatic carbocycles. The average Bonchev–Trinajstić information content (AvgIpc) is 2.46. The molecule has 5 heteroatoms. The van der Waals surface area contributed by atoms with Crippen molar-refractivity contribution in [3.05, 3.63) is 24.3 Å². The second-order valence-electron chi connectivity index (χ2n) is 4.28. The lowest BCUT2D eigenvalue weighted by Crippen LogP contribution is -2.44. The number of carbonyl (C=O) groups excluding carboxylic acids is 1. The molecule has 0 saturated heterocycles. The van der Waals surface area contributed by atoms with Crippen LogP contribution in [0.25, 0.3) is 0 Å². The maximum absolute atomic E-state index is 12.3. The number of fused-ring (bicyclic) bond motifs is 1. The van der Waals surface area contributed by atoms with Crippen molar-refractivity contribution in [1.29, 1.82) is 5.26 Å². The highest BCUT2D eigenvalue weighted by Crippen LogP contribution is 2.35. The van der Waals surface area contributed by atoms with Crippen molar-refractivity contribution in [1.82, 2.24) is 4.90 Å². The molecule has 100 valence electrons. The number of ether oxygens (including phenoxy) is 1. The Bertz CT molecular complexity index is 498. The van der Waals surface area contributed by atoms with Crippen LogP contribution in [-0.4, -0.2) is 35.8 Å². The molecule has 1 heterocycles. The molecule has 1 aromatic carbocycles. The van der Waals surface area contributed by atoms with Crippen LogP contribution in [0.5, 0.6) is 5.75 Å². The van der Waals surface area contributed by atoms with Crippen LogP contribution >= 0.6 is 11.8 Å². The lowest BCUT2D eigenvalue weighted by Gasteiger charge is -2.29. The summed E-state index contributed by atoms with van der Waals surface area (Å²) in [7, 11) is 0. The normalized spacial score (nSPS) is 16.9. The molecule has 1 atom stereocenters. The Morgan fingerprint density at radius 3 is 3.11 bits per heavy atom. The first-order chi connectivity index (χ1) is 9.26. The Morgan fingerprint density at radius 1 is 1.58 bits per heavy atom. The Balaban J connectivity index is 2.07. The number of amides is 1. The standard InChI is InChI=1S/C14H16N2O2S/c1-2-8-16(9-7-15)14(17)12-10-19-13-6-4-3-5-11(13)18-12/h3-6,12H,2,8-10H2,1H3. The predicted molar refractivity (Wildman–Crippen MR) is 74.1 cm³/mol. The molecule has 0 fully saturated rings. The number of thioether (sulfide) groups is 1. The third kappa shape index (κ3) is 3.21. The van der Waals surface area contributed by atoms with Gasteiger partial charge < -0.3 is 9.64 Å². The number of benzene rings is 1. The summed E-state index contributed by atoms with van der Waals surface area (Å²) in [6, 6.07) is 9.74. The molecule has 4 nitrogen and oxygen atoms in total. The van der Waals surface area contributed by atoms with E-state index >= 15 is 0 Å². The summed E-state index contributed by atoms with van der Waals surface area (Å²) in [5, 5.41) is 8.78. The molecule has 1 aliphatic rings. The number of hydrogen-bond donors (Lipinski definition) is 0. The van der Waals surface area contributed by atoms with Gasteiger partial charge in [0, 0.05) is 17.2 Å². The molecule has 0 radical (unpaired) electrons. The first-order valence-corrected chi connectivity index (χ1v) is 7.29. The van der Waals surface area contributed by atoms with Crippen molar-refractivity contribution in [2.24, 2.45) is 0 Å². The fourth-order valence-corrected chi connectivity index (χ4v) is 2.94. The van der Waals surface area contributed by atoms with Gasteiger partial charge in [-0.15, -0.1) is 11.8 Å². The van der Waals surface area contributed by atoms with Gasteiger partial charge in [-0.2, -0.15) is 5.26 Å². The van der Waals surface area contributed by atoms with Crippen LogP contribution in [0, 0.1) is 11.3 Å². The molecule has 0 bridgehead atoms. The van der Waals surface area contributed by atoms with Crippen molar-refractivity contribution >= 4 is 17.7 Å². The molecule has 1 aromatic rings. The molecule has 2 rings (SSSR count). The van der Waals surface area contributed by atoms with E-state index in [2.05, 4.69) is 0 Å². The molecule has 1 aliphatic heterocycles. The van der Waals surface area contributed by atoms with Crippen molar-refractivity contribution in [3.8, 4) is 11.8 Å². The number of hydrogen-bond acceptors (Lipinski definition) is 4. The quantitative estimate of drug-likeness (QED) is 0.792. The summed E-state index contributed by atoms with van der Waals surface area (Å²) in [5.41, 5.74) is 0. The second-order valence-corrected chi connectivity index (χ2v) is 5.34. The summed E-state index contributed by atoms with van der Waals surface area (Å²) >= 11 is 1.62. The fraction of sp³-hybridized carbons (Fsp3) is 0.429. The summed E-state index contributed by atoms with van der Waals surface area (Å²) in [6.07, 6.45) is 0.351. The van der Waals surface area contributed by atoms with E-state index in [0.717, 1.165) is 17.1 Å². The second kappa shape index (κ2) is 6.48. The van der Waals surface area contributed by atoms with Crippen LogP contribution in [0.1, 0.15) is 13.3 Å². The van der Waals surface area contributed by atoms with Gasteiger partial charge in [-0.05, 0) is 18.6 Å². The van der Waals surface area contributed by atoms with E-state index in [4.69, 9.17) is 10.00 Å². The molecule has 19 heavy (non-hydrogen) atoms. The van der Waals surface area contributed by atoms with E-state index < -0.39 is 6.10 Å². The summed E-state index contributed by atoms with van der Waals surface area (Å²) in [4.78, 5) is 15.0. The Hall–Kier alpha value is -1.67. The van der Waals surface area contributed by atoms with Crippen LogP contribution in [0.3, 0.4) is 0 Å². The summed E-state index contributed by atoms with van der Waals surface area (Å²) in [6.45, 7) is 2.71. The van der Waals surface area contributed by atoms with Gasteiger partial charge in [0.15, 0.2) is 6.10 Å². The molecular weight excluding hydrogens is 260 g/mol. The molecule has 0 saturated carbocycles. The highest BCUT2D eigenvalue weighted by molar-refractivity contribution is 7.99. The van der Waals surface area contributed by atoms with E-state index in [1.807, 2.05) is 37.3 Å². The first-order valence-electron chi connectivity index (χ1n) is 6.30. The minimum absolute atomic E-state index is 0.0922. The van der Waals surface area contributed by atoms with Crippen molar-refractivity contribution in [2.45, 2.75) is 24.3 Å². The van der Waals surface area contributed by atoms with Crippen LogP contribution in [0.2, 0.25) is 0 Å². The molecular formula is C14H16N2O2S. The maximum Gasteiger partial charge on any atom is 0.265 e. The highest BCUT2D eigenvalue weighted by Gasteiger charge is 2.29. The smallest absolute Gasteiger partial charge is 0.265 e. The number of nitrogens with zero attached hydrogens (tertiary/aromatic N) is 2. The zero-order chi connectivity index (χ0) is 13.7. The Kier molecular flexibility index (Phi) is 4.69. The molecule has 1 unspecified atom stereocenters. The zero-order valence-electron chi connectivity index (χ0n) is 10.8. The highest BCUT2D eigenvalue weighted by atomic mass is 32.2. The van der Waals surface area contributed by atoms with Gasteiger partial charge >= 0.3 is 0 Å². The van der Waals surface area contributed by atoms with Crippen LogP contribution < -0.4 is 4.74 Å². The van der Waals surface area contributed by atoms with Gasteiger partial charge in [0.1, 0.15) is 12.3 Å². The van der Waals surface area contributed by atoms with Gasteiger partial charge in [0.25, 0.3) is 5.91 Å². The van der Waals surface area contributed by atoms with Crippen molar-refractivity contribution < 1.29 is 9.53 Å². The third-order valence-corrected chi connectivity index (χ3v) is 3.97. The van der Waals surface area contributed by atoms with Gasteiger partial charge in [-0.3, -0.25) is 4.79 Å². The van der Waals surface area contributed by atoms with Crippen molar-refractivity contribution in [2.75, 3.05) is 18.8 Å². The lowest BCUT2D eigenvalue weighted by molar-refractivity contribution is -0.137. The number of nitriles is 1. The topological polar surface area (TPSA) is 53.3 Å². The van der Waals surface area contributed by atoms with E-state index in [1.54, 1.807) is 16.7 Å². The van der Waals surface area contributed by atoms with Gasteiger partial charge in [0.2, 0.25) is 0 Å². The largest absolute Gasteiger partial charge is 0.479 e. The Morgan fingerprint density at radius 2 is 2.37 bits per heavy atom. The van der Waals surface area contributed by atoms with E-state index in [1.165, 1.54) is 0 Å². The van der Waals surface area contributed by atoms with Crippen molar-refractivity contribution in [3.63, 3.8) is 0 Å². The van der Waals surface area contributed by atoms with Crippen LogP contribution in [0.4, 0.5) is 0 Å². The number of para-hydroxylation sites is 1. The maximum atomic E-state index is 12.3. The monoisotopic (exact) mass is 276 g/mol. The van der Waals surface area contributed by atoms with Gasteiger partial charge in [-0.1, -0.05) is 19.1 Å². The van der Waals surface area contributed by atoms with E-state index in [0.29, 0.717) is 12.3 Å². The number of carbonyl (C=O) groups is 1. The fourth-order valence-electron chi connectivity index (χ4n) is 1.97. The zero-order valence-corrected chi connectivity index (χ0v) is 11.7. The lowest BCUT2D eigenvalue weighted by atomic mass is 10.3. The molecule has 0 spiro atoms. The Labute approximate surface area is 117 Å². The average molecular weight is 276 g/mol. The van der Waals surface area contributed by atoms with Gasteiger partial charge in [-0.25, -0.2) is 0 Å². The SMILES string of the molecule is CCCN(CC#N)C(=O)C1CSc2ccccc2O1. The summed E-state index contributed by atoms with van der Waals surface area (Å²) < 4.78 is 5.75. The van der Waals surface area contributed by atoms with Crippen LogP contribution in [0.15, 0.2) is 29.2 Å². The van der Waals surface area contributed by atoms with E-state index in [-0.39, 0.29) is 12.5 Å². The van der Waals surface area contributed by atoms with E-state index in [9.17, 15) is 4.79 Å². The third-order valence-electron chi connectivity index (χ3n) is 2.85. The predicted octanol–water partition coefficient (Wildman–Crippen LogP) is 2.30. The minimum Gasteiger partial charge on any atom is -0.479 e. The summed E-state index contributed by atoms with van der Waals surface area (Å²) in [5.74, 6) is 1.26. The first kappa shape index (κ1) is 13.8. The molecule has 0 N–H and O–H groups in total. The molecule has 1 amide bonds. The van der Waals surface area contributed by atoms with Crippen LogP contribution in [-0.2, 0) is 4.79 Å².